The predicted octanol–water partition coefficient (Wildman–Crippen LogP) is 3.86. The number of fused-ring (bicyclic) bond motifs is 2. The third-order valence-corrected chi connectivity index (χ3v) is 7.38. The van der Waals surface area contributed by atoms with Crippen molar-refractivity contribution in [1.82, 2.24) is 24.5 Å². The number of benzene rings is 1. The second-order valence-electron chi connectivity index (χ2n) is 9.32. The minimum absolute atomic E-state index is 0.671. The number of nitrogens with zero attached hydrogens (tertiary/aromatic N) is 6. The van der Waals surface area contributed by atoms with Crippen molar-refractivity contribution in [3.05, 3.63) is 54.1 Å². The van der Waals surface area contributed by atoms with Crippen LogP contribution in [0.2, 0.25) is 0 Å². The fourth-order valence-electron chi connectivity index (χ4n) is 5.29. The fourth-order valence-corrected chi connectivity index (χ4v) is 5.29. The number of pyridine rings is 1. The average molecular weight is 443 g/mol. The van der Waals surface area contributed by atoms with E-state index < -0.39 is 0 Å². The lowest BCUT2D eigenvalue weighted by Crippen LogP contribution is -2.49. The molecule has 2 aliphatic heterocycles. The molecule has 0 atom stereocenters. The smallest absolute Gasteiger partial charge is 0.162 e. The summed E-state index contributed by atoms with van der Waals surface area (Å²) in [5, 5.41) is 5.82. The molecule has 7 nitrogen and oxygen atoms in total. The van der Waals surface area contributed by atoms with Crippen molar-refractivity contribution in [3.8, 4) is 11.1 Å². The summed E-state index contributed by atoms with van der Waals surface area (Å²) in [6, 6.07) is 7.13. The van der Waals surface area contributed by atoms with E-state index >= 15 is 0 Å². The van der Waals surface area contributed by atoms with E-state index in [4.69, 9.17) is 9.72 Å². The molecule has 0 N–H and O–H groups in total. The first-order valence-electron chi connectivity index (χ1n) is 11.9. The number of anilines is 1. The first kappa shape index (κ1) is 20.6. The molecule has 170 valence electrons. The van der Waals surface area contributed by atoms with E-state index in [-0.39, 0.29) is 0 Å². The zero-order valence-electron chi connectivity index (χ0n) is 19.4. The lowest BCUT2D eigenvalue weighted by molar-refractivity contribution is 0.0115. The van der Waals surface area contributed by atoms with Gasteiger partial charge in [-0.15, -0.1) is 0 Å². The van der Waals surface area contributed by atoms with E-state index in [1.165, 1.54) is 24.0 Å². The molecule has 2 aliphatic rings. The fraction of sp³-hybridized carbons (Fsp3) is 0.423. The molecule has 0 aliphatic carbocycles. The van der Waals surface area contributed by atoms with Gasteiger partial charge in [-0.3, -0.25) is 9.88 Å². The van der Waals surface area contributed by atoms with Crippen molar-refractivity contribution in [3.63, 3.8) is 0 Å². The maximum Gasteiger partial charge on any atom is 0.162 e. The normalized spacial score (nSPS) is 18.4. The van der Waals surface area contributed by atoms with Crippen LogP contribution >= 0.6 is 0 Å². The highest BCUT2D eigenvalue weighted by Crippen LogP contribution is 2.32. The maximum atomic E-state index is 5.52. The second-order valence-corrected chi connectivity index (χ2v) is 9.32. The molecule has 0 spiro atoms. The Labute approximate surface area is 194 Å². The molecule has 5 heterocycles. The van der Waals surface area contributed by atoms with Gasteiger partial charge in [0.05, 0.1) is 43.0 Å². The maximum absolute atomic E-state index is 5.52. The molecule has 3 aromatic heterocycles. The van der Waals surface area contributed by atoms with Gasteiger partial charge in [-0.1, -0.05) is 0 Å². The van der Waals surface area contributed by atoms with Gasteiger partial charge in [0.15, 0.2) is 5.65 Å². The summed E-state index contributed by atoms with van der Waals surface area (Å²) in [5.41, 5.74) is 7.73. The van der Waals surface area contributed by atoms with Crippen LogP contribution in [0.15, 0.2) is 43.0 Å². The van der Waals surface area contributed by atoms with Crippen LogP contribution in [0, 0.1) is 13.8 Å². The zero-order chi connectivity index (χ0) is 22.4. The number of aromatic nitrogens is 4. The number of piperidine rings is 1. The molecule has 33 heavy (non-hydrogen) atoms. The molecule has 2 saturated heterocycles. The van der Waals surface area contributed by atoms with Crippen molar-refractivity contribution >= 4 is 22.2 Å². The van der Waals surface area contributed by atoms with Crippen molar-refractivity contribution in [2.45, 2.75) is 32.7 Å². The van der Waals surface area contributed by atoms with Crippen LogP contribution in [0.5, 0.6) is 0 Å². The lowest BCUT2D eigenvalue weighted by atomic mass is 9.99. The molecule has 1 aromatic carbocycles. The first-order valence-corrected chi connectivity index (χ1v) is 11.9. The van der Waals surface area contributed by atoms with Gasteiger partial charge in [0, 0.05) is 49.4 Å². The molecule has 2 fully saturated rings. The Kier molecular flexibility index (Phi) is 5.23. The summed E-state index contributed by atoms with van der Waals surface area (Å²) >= 11 is 0. The van der Waals surface area contributed by atoms with E-state index in [2.05, 4.69) is 58.1 Å². The largest absolute Gasteiger partial charge is 0.379 e. The van der Waals surface area contributed by atoms with Gasteiger partial charge in [0.2, 0.25) is 0 Å². The number of hydrogen-bond donors (Lipinski definition) is 0. The second kappa shape index (κ2) is 8.39. The standard InChI is InChI=1S/C26H30N6O/c1-18-13-23-22(3-6-27-25(23)14-19(18)2)24-16-29-32-17-21(15-28-26(24)32)30-7-4-20(5-8-30)31-9-11-33-12-10-31/h3,6,13-17,20H,4-5,7-12H2,1-2H3. The summed E-state index contributed by atoms with van der Waals surface area (Å²) in [7, 11) is 0. The summed E-state index contributed by atoms with van der Waals surface area (Å²) in [6.45, 7) is 10.3. The highest BCUT2D eigenvalue weighted by Gasteiger charge is 2.26. The number of morpholine rings is 1. The summed E-state index contributed by atoms with van der Waals surface area (Å²) < 4.78 is 7.44. The quantitative estimate of drug-likeness (QED) is 0.480. The molecule has 0 unspecified atom stereocenters. The van der Waals surface area contributed by atoms with Gasteiger partial charge < -0.3 is 9.64 Å². The SMILES string of the molecule is Cc1cc2nccc(-c3cnn4cc(N5CCC(N6CCOCC6)CC5)cnc34)c2cc1C. The molecule has 0 saturated carbocycles. The van der Waals surface area contributed by atoms with Crippen LogP contribution in [0.4, 0.5) is 5.69 Å². The molecular weight excluding hydrogens is 412 g/mol. The molecule has 0 radical (unpaired) electrons. The number of hydrogen-bond acceptors (Lipinski definition) is 6. The minimum atomic E-state index is 0.671. The highest BCUT2D eigenvalue weighted by atomic mass is 16.5. The summed E-state index contributed by atoms with van der Waals surface area (Å²) in [4.78, 5) is 14.5. The Bertz CT molecular complexity index is 1300. The van der Waals surface area contributed by atoms with Gasteiger partial charge in [-0.2, -0.15) is 5.10 Å². The Morgan fingerprint density at radius 3 is 2.52 bits per heavy atom. The van der Waals surface area contributed by atoms with Crippen LogP contribution in [-0.2, 0) is 4.74 Å². The van der Waals surface area contributed by atoms with Crippen molar-refractivity contribution in [2.75, 3.05) is 44.3 Å². The third-order valence-electron chi connectivity index (χ3n) is 7.38. The minimum Gasteiger partial charge on any atom is -0.379 e. The predicted molar refractivity (Wildman–Crippen MR) is 131 cm³/mol. The van der Waals surface area contributed by atoms with E-state index in [0.717, 1.165) is 72.8 Å². The Balaban J connectivity index is 1.27. The van der Waals surface area contributed by atoms with Crippen molar-refractivity contribution in [1.29, 1.82) is 0 Å². The van der Waals surface area contributed by atoms with Crippen molar-refractivity contribution < 1.29 is 4.74 Å². The molecule has 6 rings (SSSR count). The number of aryl methyl sites for hydroxylation is 2. The van der Waals surface area contributed by atoms with Crippen molar-refractivity contribution in [2.24, 2.45) is 0 Å². The van der Waals surface area contributed by atoms with Gasteiger partial charge in [0.1, 0.15) is 0 Å². The Morgan fingerprint density at radius 2 is 1.70 bits per heavy atom. The topological polar surface area (TPSA) is 58.8 Å². The van der Waals surface area contributed by atoms with Crippen LogP contribution in [0.1, 0.15) is 24.0 Å². The number of rotatable bonds is 3. The third kappa shape index (κ3) is 3.75. The van der Waals surface area contributed by atoms with E-state index in [9.17, 15) is 0 Å². The summed E-state index contributed by atoms with van der Waals surface area (Å²) in [5.74, 6) is 0. The Morgan fingerprint density at radius 1 is 0.909 bits per heavy atom. The Hall–Kier alpha value is -3.03. The van der Waals surface area contributed by atoms with Crippen LogP contribution in [0.3, 0.4) is 0 Å². The van der Waals surface area contributed by atoms with E-state index in [0.29, 0.717) is 6.04 Å². The monoisotopic (exact) mass is 442 g/mol. The van der Waals surface area contributed by atoms with Gasteiger partial charge >= 0.3 is 0 Å². The van der Waals surface area contributed by atoms with Crippen LogP contribution < -0.4 is 4.90 Å². The average Bonchev–Trinajstić information content (AvgIpc) is 3.28. The van der Waals surface area contributed by atoms with Gasteiger partial charge in [-0.25, -0.2) is 9.50 Å². The molecule has 4 aromatic rings. The first-order chi connectivity index (χ1) is 16.2. The molecular formula is C26H30N6O. The van der Waals surface area contributed by atoms with Gasteiger partial charge in [-0.05, 0) is 61.6 Å². The molecule has 0 amide bonds. The molecule has 7 heteroatoms. The summed E-state index contributed by atoms with van der Waals surface area (Å²) in [6.07, 6.45) is 10.3. The van der Waals surface area contributed by atoms with Crippen LogP contribution in [0.25, 0.3) is 27.7 Å². The van der Waals surface area contributed by atoms with Crippen LogP contribution in [-0.4, -0.2) is 69.9 Å². The van der Waals surface area contributed by atoms with Gasteiger partial charge in [0.25, 0.3) is 0 Å². The molecule has 0 bridgehead atoms. The zero-order valence-corrected chi connectivity index (χ0v) is 19.4. The van der Waals surface area contributed by atoms with E-state index in [1.807, 2.05) is 23.1 Å². The van der Waals surface area contributed by atoms with E-state index in [1.54, 1.807) is 0 Å². The number of ether oxygens (including phenoxy) is 1. The highest BCUT2D eigenvalue weighted by molar-refractivity contribution is 5.98. The lowest BCUT2D eigenvalue weighted by Gasteiger charge is -2.40.